The van der Waals surface area contributed by atoms with E-state index < -0.39 is 23.9 Å². The van der Waals surface area contributed by atoms with Gasteiger partial charge in [-0.2, -0.15) is 0 Å². The monoisotopic (exact) mass is 509 g/mol. The number of nitrogen functional groups attached to an aromatic ring is 1. The van der Waals surface area contributed by atoms with Crippen LogP contribution in [0, 0.1) is 6.92 Å². The van der Waals surface area contributed by atoms with Gasteiger partial charge in [-0.25, -0.2) is 9.78 Å². The molecule has 11 nitrogen and oxygen atoms in total. The lowest BCUT2D eigenvalue weighted by atomic mass is 10.1. The minimum absolute atomic E-state index is 0.0221. The summed E-state index contributed by atoms with van der Waals surface area (Å²) in [6, 6.07) is 9.44. The summed E-state index contributed by atoms with van der Waals surface area (Å²) in [5, 5.41) is 6.40. The molecule has 1 heterocycles. The summed E-state index contributed by atoms with van der Waals surface area (Å²) < 4.78 is 9.92. The average molecular weight is 510 g/mol. The Bertz CT molecular complexity index is 1340. The van der Waals surface area contributed by atoms with Crippen molar-refractivity contribution in [1.29, 1.82) is 0 Å². The number of rotatable bonds is 11. The molecule has 0 spiro atoms. The fourth-order valence-corrected chi connectivity index (χ4v) is 3.81. The number of nitrogens with two attached hydrogens (primary N) is 1. The lowest BCUT2D eigenvalue weighted by Crippen LogP contribution is -2.42. The number of benzene rings is 2. The van der Waals surface area contributed by atoms with Gasteiger partial charge >= 0.3 is 11.9 Å². The van der Waals surface area contributed by atoms with Crippen LogP contribution < -0.4 is 21.9 Å². The quantitative estimate of drug-likeness (QED) is 0.284. The third-order valence-electron chi connectivity index (χ3n) is 5.67. The minimum Gasteiger partial charge on any atom is -0.466 e. The normalized spacial score (nSPS) is 11.5. The summed E-state index contributed by atoms with van der Waals surface area (Å²) in [6.07, 6.45) is 0.0488. The van der Waals surface area contributed by atoms with Crippen LogP contribution in [0.5, 0.6) is 0 Å². The molecule has 0 saturated heterocycles. The summed E-state index contributed by atoms with van der Waals surface area (Å²) in [6.45, 7) is 6.02. The van der Waals surface area contributed by atoms with E-state index in [9.17, 15) is 19.2 Å². The SMILES string of the molecule is CCOC(=O)CC[C@H](NC(=O)c1ccc(CNc2ccc3nc(N)[nH]c(=O)c3c2C)cc1)C(=O)OCC. The number of H-pyrrole nitrogens is 1. The van der Waals surface area contributed by atoms with Gasteiger partial charge in [0.1, 0.15) is 6.04 Å². The fourth-order valence-electron chi connectivity index (χ4n) is 3.81. The van der Waals surface area contributed by atoms with Crippen molar-refractivity contribution in [3.05, 3.63) is 63.4 Å². The minimum atomic E-state index is -0.970. The number of fused-ring (bicyclic) bond motifs is 1. The third kappa shape index (κ3) is 7.06. The summed E-state index contributed by atoms with van der Waals surface area (Å²) in [7, 11) is 0. The third-order valence-corrected chi connectivity index (χ3v) is 5.67. The van der Waals surface area contributed by atoms with Crippen molar-refractivity contribution in [3.8, 4) is 0 Å². The molecule has 196 valence electrons. The Morgan fingerprint density at radius 1 is 1.05 bits per heavy atom. The molecule has 0 aliphatic heterocycles. The van der Waals surface area contributed by atoms with E-state index in [0.717, 1.165) is 16.8 Å². The van der Waals surface area contributed by atoms with Crippen LogP contribution in [0.3, 0.4) is 0 Å². The first-order valence-corrected chi connectivity index (χ1v) is 12.0. The largest absolute Gasteiger partial charge is 0.466 e. The molecule has 0 aliphatic rings. The van der Waals surface area contributed by atoms with Gasteiger partial charge in [0.05, 0.1) is 24.1 Å². The zero-order valence-electron chi connectivity index (χ0n) is 21.1. The summed E-state index contributed by atoms with van der Waals surface area (Å²) in [5.74, 6) is -1.45. The second-order valence-corrected chi connectivity index (χ2v) is 8.26. The molecule has 37 heavy (non-hydrogen) atoms. The van der Waals surface area contributed by atoms with Crippen molar-refractivity contribution in [3.63, 3.8) is 0 Å². The van der Waals surface area contributed by atoms with E-state index in [1.807, 2.05) is 13.0 Å². The molecule has 1 amide bonds. The molecule has 3 aromatic rings. The van der Waals surface area contributed by atoms with Crippen LogP contribution in [0.1, 0.15) is 48.2 Å². The number of hydrogen-bond donors (Lipinski definition) is 4. The highest BCUT2D eigenvalue weighted by molar-refractivity contribution is 5.97. The first kappa shape index (κ1) is 27.2. The van der Waals surface area contributed by atoms with Crippen LogP contribution in [0.4, 0.5) is 11.6 Å². The zero-order chi connectivity index (χ0) is 26.9. The van der Waals surface area contributed by atoms with E-state index in [1.165, 1.54) is 0 Å². The number of hydrogen-bond acceptors (Lipinski definition) is 9. The lowest BCUT2D eigenvalue weighted by molar-refractivity contribution is -0.146. The number of aromatic nitrogens is 2. The Morgan fingerprint density at radius 3 is 2.43 bits per heavy atom. The molecule has 0 saturated carbocycles. The van der Waals surface area contributed by atoms with E-state index in [1.54, 1.807) is 44.2 Å². The Morgan fingerprint density at radius 2 is 1.76 bits per heavy atom. The van der Waals surface area contributed by atoms with Crippen LogP contribution in [0.2, 0.25) is 0 Å². The molecule has 3 rings (SSSR count). The summed E-state index contributed by atoms with van der Waals surface area (Å²) >= 11 is 0. The van der Waals surface area contributed by atoms with Gasteiger partial charge in [0.15, 0.2) is 0 Å². The maximum absolute atomic E-state index is 12.8. The number of carbonyl (C=O) groups excluding carboxylic acids is 3. The van der Waals surface area contributed by atoms with Gasteiger partial charge in [-0.15, -0.1) is 0 Å². The number of aromatic amines is 1. The number of anilines is 2. The van der Waals surface area contributed by atoms with E-state index in [4.69, 9.17) is 15.2 Å². The van der Waals surface area contributed by atoms with Crippen molar-refractivity contribution in [1.82, 2.24) is 15.3 Å². The lowest BCUT2D eigenvalue weighted by Gasteiger charge is -2.17. The van der Waals surface area contributed by atoms with Gasteiger partial charge in [-0.3, -0.25) is 19.4 Å². The van der Waals surface area contributed by atoms with E-state index in [0.29, 0.717) is 23.0 Å². The van der Waals surface area contributed by atoms with Gasteiger partial charge in [0, 0.05) is 24.2 Å². The number of aryl methyl sites for hydroxylation is 1. The van der Waals surface area contributed by atoms with Crippen molar-refractivity contribution in [2.24, 2.45) is 0 Å². The second kappa shape index (κ2) is 12.5. The Balaban J connectivity index is 1.65. The second-order valence-electron chi connectivity index (χ2n) is 8.26. The number of nitrogens with zero attached hydrogens (tertiary/aromatic N) is 1. The van der Waals surface area contributed by atoms with Crippen LogP contribution in [-0.4, -0.2) is 47.1 Å². The summed E-state index contributed by atoms with van der Waals surface area (Å²) in [5.41, 5.74) is 8.60. The first-order chi connectivity index (χ1) is 17.7. The Labute approximate surface area is 213 Å². The zero-order valence-corrected chi connectivity index (χ0v) is 21.1. The molecule has 1 atom stereocenters. The van der Waals surface area contributed by atoms with Crippen molar-refractivity contribution < 1.29 is 23.9 Å². The first-order valence-electron chi connectivity index (χ1n) is 12.0. The molecule has 0 radical (unpaired) electrons. The van der Waals surface area contributed by atoms with E-state index in [2.05, 4.69) is 20.6 Å². The van der Waals surface area contributed by atoms with Crippen molar-refractivity contribution >= 4 is 40.4 Å². The maximum atomic E-state index is 12.8. The fraction of sp³-hybridized carbons (Fsp3) is 0.346. The molecular formula is C26H31N5O6. The van der Waals surface area contributed by atoms with Gasteiger partial charge in [0.2, 0.25) is 5.95 Å². The van der Waals surface area contributed by atoms with Crippen molar-refractivity contribution in [2.45, 2.75) is 46.2 Å². The van der Waals surface area contributed by atoms with Crippen LogP contribution in [0.15, 0.2) is 41.2 Å². The predicted octanol–water partition coefficient (Wildman–Crippen LogP) is 2.43. The number of amides is 1. The van der Waals surface area contributed by atoms with Crippen molar-refractivity contribution in [2.75, 3.05) is 24.3 Å². The highest BCUT2D eigenvalue weighted by Gasteiger charge is 2.24. The topological polar surface area (TPSA) is 165 Å². The van der Waals surface area contributed by atoms with E-state index >= 15 is 0 Å². The van der Waals surface area contributed by atoms with E-state index in [-0.39, 0.29) is 37.6 Å². The molecule has 11 heteroatoms. The van der Waals surface area contributed by atoms with Gasteiger partial charge < -0.3 is 25.8 Å². The Kier molecular flexibility index (Phi) is 9.20. The molecule has 0 aliphatic carbocycles. The summed E-state index contributed by atoms with van der Waals surface area (Å²) in [4.78, 5) is 55.7. The molecule has 0 bridgehead atoms. The number of ether oxygens (including phenoxy) is 2. The number of nitrogens with one attached hydrogen (secondary N) is 3. The standard InChI is InChI=1S/C26H31N5O6/c1-4-36-21(32)13-12-20(25(35)37-5-2)29-23(33)17-8-6-16(7-9-17)14-28-18-10-11-19-22(15(18)3)24(34)31-26(27)30-19/h6-11,20,28H,4-5,12-14H2,1-3H3,(H,29,33)(H3,27,30,31,34)/t20-/m0/s1. The molecule has 0 fully saturated rings. The molecule has 2 aromatic carbocycles. The highest BCUT2D eigenvalue weighted by atomic mass is 16.5. The number of esters is 2. The smallest absolute Gasteiger partial charge is 0.328 e. The molecular weight excluding hydrogens is 478 g/mol. The molecule has 1 aromatic heterocycles. The predicted molar refractivity (Wildman–Crippen MR) is 139 cm³/mol. The van der Waals surface area contributed by atoms with Gasteiger partial charge in [0.25, 0.3) is 11.5 Å². The van der Waals surface area contributed by atoms with Crippen LogP contribution in [0.25, 0.3) is 10.9 Å². The maximum Gasteiger partial charge on any atom is 0.328 e. The Hall–Kier alpha value is -4.41. The van der Waals surface area contributed by atoms with Gasteiger partial charge in [-0.1, -0.05) is 12.1 Å². The van der Waals surface area contributed by atoms with Crippen LogP contribution >= 0.6 is 0 Å². The highest BCUT2D eigenvalue weighted by Crippen LogP contribution is 2.22. The average Bonchev–Trinajstić information content (AvgIpc) is 2.86. The molecule has 0 unspecified atom stereocenters. The number of carbonyl (C=O) groups is 3. The van der Waals surface area contributed by atoms with Gasteiger partial charge in [-0.05, 0) is 62.6 Å². The van der Waals surface area contributed by atoms with Crippen LogP contribution in [-0.2, 0) is 25.6 Å². The molecule has 5 N–H and O–H groups in total.